The van der Waals surface area contributed by atoms with Gasteiger partial charge in [0.05, 0.1) is 14.2 Å². The number of likely N-dealkylation sites (N-methyl/N-ethyl adjacent to an activating group) is 1. The molecule has 0 radical (unpaired) electrons. The molecule has 1 unspecified atom stereocenters. The Balaban J connectivity index is 2.61. The van der Waals surface area contributed by atoms with Gasteiger partial charge in [0.15, 0.2) is 0 Å². The van der Waals surface area contributed by atoms with Crippen LogP contribution in [0.2, 0.25) is 0 Å². The van der Waals surface area contributed by atoms with E-state index in [1.54, 1.807) is 14.2 Å². The zero-order valence-electron chi connectivity index (χ0n) is 12.0. The molecule has 0 aliphatic rings. The fourth-order valence-electron chi connectivity index (χ4n) is 1.89. The maximum atomic E-state index is 5.37. The summed E-state index contributed by atoms with van der Waals surface area (Å²) in [7, 11) is 7.49. The van der Waals surface area contributed by atoms with Gasteiger partial charge >= 0.3 is 0 Å². The van der Waals surface area contributed by atoms with Crippen molar-refractivity contribution in [3.8, 4) is 11.5 Å². The van der Waals surface area contributed by atoms with E-state index in [0.29, 0.717) is 6.04 Å². The van der Waals surface area contributed by atoms with E-state index in [2.05, 4.69) is 31.2 Å². The van der Waals surface area contributed by atoms with E-state index in [4.69, 9.17) is 9.47 Å². The second-order valence-electron chi connectivity index (χ2n) is 4.72. The highest BCUT2D eigenvalue weighted by Gasteiger charge is 2.07. The van der Waals surface area contributed by atoms with Crippen LogP contribution in [0.4, 0.5) is 0 Å². The van der Waals surface area contributed by atoms with Gasteiger partial charge in [-0.15, -0.1) is 0 Å². The van der Waals surface area contributed by atoms with Crippen LogP contribution < -0.4 is 14.8 Å². The summed E-state index contributed by atoms with van der Waals surface area (Å²) in [6.07, 6.45) is 0. The number of hydrogen-bond donors (Lipinski definition) is 1. The number of methoxy groups -OCH3 is 2. The van der Waals surface area contributed by atoms with Gasteiger partial charge in [-0.05, 0) is 27.1 Å². The maximum Gasteiger partial charge on any atom is 0.127 e. The van der Waals surface area contributed by atoms with Crippen molar-refractivity contribution >= 4 is 0 Å². The topological polar surface area (TPSA) is 33.7 Å². The number of nitrogens with one attached hydrogen (secondary N) is 1. The Morgan fingerprint density at radius 1 is 1.22 bits per heavy atom. The van der Waals surface area contributed by atoms with Crippen LogP contribution in [0, 0.1) is 0 Å². The molecule has 4 heteroatoms. The molecular formula is C14H24N2O2. The van der Waals surface area contributed by atoms with Crippen LogP contribution in [-0.4, -0.2) is 45.8 Å². The molecular weight excluding hydrogens is 228 g/mol. The van der Waals surface area contributed by atoms with E-state index < -0.39 is 0 Å². The summed E-state index contributed by atoms with van der Waals surface area (Å²) in [5, 5.41) is 3.48. The third-order valence-corrected chi connectivity index (χ3v) is 2.77. The number of ether oxygens (including phenoxy) is 2. The van der Waals surface area contributed by atoms with Crippen LogP contribution >= 0.6 is 0 Å². The first-order chi connectivity index (χ1) is 8.56. The molecule has 0 aliphatic carbocycles. The molecule has 1 atom stereocenters. The molecule has 102 valence electrons. The summed E-state index contributed by atoms with van der Waals surface area (Å²) in [5.74, 6) is 1.68. The molecule has 0 spiro atoms. The molecule has 1 aromatic carbocycles. The van der Waals surface area contributed by atoms with Gasteiger partial charge in [0.25, 0.3) is 0 Å². The molecule has 18 heavy (non-hydrogen) atoms. The highest BCUT2D eigenvalue weighted by atomic mass is 16.5. The lowest BCUT2D eigenvalue weighted by molar-refractivity contribution is 0.346. The largest absolute Gasteiger partial charge is 0.497 e. The highest BCUT2D eigenvalue weighted by Crippen LogP contribution is 2.24. The third-order valence-electron chi connectivity index (χ3n) is 2.77. The Morgan fingerprint density at radius 2 is 1.94 bits per heavy atom. The molecule has 0 saturated heterocycles. The molecule has 0 fully saturated rings. The Kier molecular flexibility index (Phi) is 5.95. The Labute approximate surface area is 110 Å². The first-order valence-electron chi connectivity index (χ1n) is 6.15. The molecule has 0 heterocycles. The quantitative estimate of drug-likeness (QED) is 0.801. The number of rotatable bonds is 7. The Bertz CT molecular complexity index is 367. The zero-order chi connectivity index (χ0) is 13.5. The molecule has 0 aliphatic heterocycles. The predicted octanol–water partition coefficient (Wildman–Crippen LogP) is 1.74. The predicted molar refractivity (Wildman–Crippen MR) is 74.4 cm³/mol. The minimum absolute atomic E-state index is 0.437. The third kappa shape index (κ3) is 4.55. The lowest BCUT2D eigenvalue weighted by Crippen LogP contribution is -2.35. The highest BCUT2D eigenvalue weighted by molar-refractivity contribution is 5.40. The molecule has 0 saturated carbocycles. The smallest absolute Gasteiger partial charge is 0.127 e. The van der Waals surface area contributed by atoms with Crippen LogP contribution in [-0.2, 0) is 6.54 Å². The van der Waals surface area contributed by atoms with Crippen molar-refractivity contribution in [2.75, 3.05) is 34.9 Å². The lowest BCUT2D eigenvalue weighted by Gasteiger charge is -2.19. The minimum atomic E-state index is 0.437. The van der Waals surface area contributed by atoms with E-state index in [9.17, 15) is 0 Å². The van der Waals surface area contributed by atoms with Crippen molar-refractivity contribution in [2.24, 2.45) is 0 Å². The number of benzene rings is 1. The Morgan fingerprint density at radius 3 is 2.50 bits per heavy atom. The van der Waals surface area contributed by atoms with Crippen LogP contribution in [0.15, 0.2) is 18.2 Å². The van der Waals surface area contributed by atoms with Gasteiger partial charge in [0.2, 0.25) is 0 Å². The van der Waals surface area contributed by atoms with Gasteiger partial charge in [-0.3, -0.25) is 0 Å². The zero-order valence-corrected chi connectivity index (χ0v) is 12.0. The lowest BCUT2D eigenvalue weighted by atomic mass is 10.1. The van der Waals surface area contributed by atoms with Gasteiger partial charge in [-0.2, -0.15) is 0 Å². The van der Waals surface area contributed by atoms with Crippen molar-refractivity contribution in [3.05, 3.63) is 23.8 Å². The van der Waals surface area contributed by atoms with Crippen LogP contribution in [0.1, 0.15) is 12.5 Å². The summed E-state index contributed by atoms with van der Waals surface area (Å²) in [6, 6.07) is 6.34. The van der Waals surface area contributed by atoms with Crippen molar-refractivity contribution in [2.45, 2.75) is 19.5 Å². The fraction of sp³-hybridized carbons (Fsp3) is 0.571. The summed E-state index contributed by atoms with van der Waals surface area (Å²) in [5.41, 5.74) is 1.14. The fourth-order valence-corrected chi connectivity index (χ4v) is 1.89. The second-order valence-corrected chi connectivity index (χ2v) is 4.72. The number of hydrogen-bond acceptors (Lipinski definition) is 4. The standard InChI is InChI=1S/C14H24N2O2/c1-11(10-16(2)3)15-9-12-6-7-13(17-4)8-14(12)18-5/h6-8,11,15H,9-10H2,1-5H3. The number of nitrogens with zero attached hydrogens (tertiary/aromatic N) is 1. The monoisotopic (exact) mass is 252 g/mol. The van der Waals surface area contributed by atoms with Crippen molar-refractivity contribution in [1.29, 1.82) is 0 Å². The Hall–Kier alpha value is -1.26. The van der Waals surface area contributed by atoms with Crippen molar-refractivity contribution < 1.29 is 9.47 Å². The molecule has 1 aromatic rings. The first kappa shape index (κ1) is 14.8. The average Bonchev–Trinajstić information content (AvgIpc) is 2.35. The van der Waals surface area contributed by atoms with Crippen LogP contribution in [0.5, 0.6) is 11.5 Å². The second kappa shape index (κ2) is 7.24. The summed E-state index contributed by atoms with van der Waals surface area (Å²) in [6.45, 7) is 3.98. The van der Waals surface area contributed by atoms with E-state index >= 15 is 0 Å². The van der Waals surface area contributed by atoms with Gasteiger partial charge < -0.3 is 19.7 Å². The average molecular weight is 252 g/mol. The van der Waals surface area contributed by atoms with Crippen molar-refractivity contribution in [1.82, 2.24) is 10.2 Å². The van der Waals surface area contributed by atoms with Crippen LogP contribution in [0.3, 0.4) is 0 Å². The van der Waals surface area contributed by atoms with E-state index in [1.165, 1.54) is 0 Å². The van der Waals surface area contributed by atoms with E-state index in [0.717, 1.165) is 30.2 Å². The molecule has 4 nitrogen and oxygen atoms in total. The van der Waals surface area contributed by atoms with Gasteiger partial charge in [0.1, 0.15) is 11.5 Å². The molecule has 0 bridgehead atoms. The van der Waals surface area contributed by atoms with Gasteiger partial charge in [-0.1, -0.05) is 6.07 Å². The summed E-state index contributed by atoms with van der Waals surface area (Å²) in [4.78, 5) is 2.17. The van der Waals surface area contributed by atoms with Crippen molar-refractivity contribution in [3.63, 3.8) is 0 Å². The normalized spacial score (nSPS) is 12.6. The summed E-state index contributed by atoms with van der Waals surface area (Å²) >= 11 is 0. The summed E-state index contributed by atoms with van der Waals surface area (Å²) < 4.78 is 10.6. The minimum Gasteiger partial charge on any atom is -0.497 e. The van der Waals surface area contributed by atoms with E-state index in [-0.39, 0.29) is 0 Å². The molecule has 0 aromatic heterocycles. The first-order valence-corrected chi connectivity index (χ1v) is 6.15. The van der Waals surface area contributed by atoms with Gasteiger partial charge in [-0.25, -0.2) is 0 Å². The SMILES string of the molecule is COc1ccc(CNC(C)CN(C)C)c(OC)c1. The van der Waals surface area contributed by atoms with Gasteiger partial charge in [0, 0.05) is 30.8 Å². The molecule has 1 N–H and O–H groups in total. The van der Waals surface area contributed by atoms with E-state index in [1.807, 2.05) is 18.2 Å². The maximum absolute atomic E-state index is 5.37. The van der Waals surface area contributed by atoms with Crippen LogP contribution in [0.25, 0.3) is 0 Å². The molecule has 1 rings (SSSR count). The molecule has 0 amide bonds.